The molecule has 0 saturated carbocycles. The molecule has 1 heterocycles. The summed E-state index contributed by atoms with van der Waals surface area (Å²) in [6.45, 7) is 4.28. The number of rotatable bonds is 6. The van der Waals surface area contributed by atoms with Gasteiger partial charge in [0, 0.05) is 11.3 Å². The van der Waals surface area contributed by atoms with Crippen LogP contribution in [0.5, 0.6) is 0 Å². The van der Waals surface area contributed by atoms with Crippen LogP contribution in [-0.2, 0) is 17.9 Å². The molecule has 4 aromatic rings. The Morgan fingerprint density at radius 3 is 2.48 bits per heavy atom. The Morgan fingerprint density at radius 2 is 1.68 bits per heavy atom. The number of imidazole rings is 1. The second-order valence-electron chi connectivity index (χ2n) is 7.52. The van der Waals surface area contributed by atoms with E-state index in [9.17, 15) is 9.59 Å². The molecule has 0 aliphatic heterocycles. The van der Waals surface area contributed by atoms with Crippen LogP contribution < -0.4 is 10.6 Å². The molecule has 6 heteroatoms. The zero-order valence-corrected chi connectivity index (χ0v) is 17.6. The van der Waals surface area contributed by atoms with Crippen LogP contribution in [0.1, 0.15) is 27.3 Å². The molecule has 156 valence electrons. The van der Waals surface area contributed by atoms with Crippen LogP contribution >= 0.6 is 0 Å². The molecule has 2 amide bonds. The van der Waals surface area contributed by atoms with Crippen molar-refractivity contribution >= 4 is 28.5 Å². The van der Waals surface area contributed by atoms with Crippen LogP contribution in [0.25, 0.3) is 11.0 Å². The van der Waals surface area contributed by atoms with Gasteiger partial charge in [0.15, 0.2) is 0 Å². The molecule has 0 saturated heterocycles. The van der Waals surface area contributed by atoms with Crippen molar-refractivity contribution in [2.24, 2.45) is 0 Å². The summed E-state index contributed by atoms with van der Waals surface area (Å²) in [5.41, 5.74) is 5.10. The smallest absolute Gasteiger partial charge is 0.251 e. The lowest BCUT2D eigenvalue weighted by molar-refractivity contribution is -0.116. The molecule has 0 atom stereocenters. The van der Waals surface area contributed by atoms with Gasteiger partial charge in [-0.3, -0.25) is 9.59 Å². The number of carbonyl (C=O) groups is 2. The van der Waals surface area contributed by atoms with Crippen molar-refractivity contribution < 1.29 is 9.59 Å². The molecular weight excluding hydrogens is 388 g/mol. The van der Waals surface area contributed by atoms with Crippen molar-refractivity contribution in [3.8, 4) is 0 Å². The van der Waals surface area contributed by atoms with Gasteiger partial charge in [0.2, 0.25) is 5.91 Å². The van der Waals surface area contributed by atoms with E-state index in [0.29, 0.717) is 11.4 Å². The predicted octanol–water partition coefficient (Wildman–Crippen LogP) is 4.22. The minimum Gasteiger partial charge on any atom is -0.345 e. The highest BCUT2D eigenvalue weighted by atomic mass is 16.2. The molecule has 0 unspecified atom stereocenters. The van der Waals surface area contributed by atoms with E-state index in [2.05, 4.69) is 15.6 Å². The Kier molecular flexibility index (Phi) is 5.80. The number of anilines is 1. The molecule has 0 fully saturated rings. The molecule has 31 heavy (non-hydrogen) atoms. The Labute approximate surface area is 180 Å². The average molecular weight is 412 g/mol. The molecule has 1 aromatic heterocycles. The fourth-order valence-electron chi connectivity index (χ4n) is 3.49. The van der Waals surface area contributed by atoms with E-state index in [0.717, 1.165) is 27.8 Å². The first-order valence-corrected chi connectivity index (χ1v) is 10.2. The zero-order chi connectivity index (χ0) is 21.8. The van der Waals surface area contributed by atoms with E-state index in [1.54, 1.807) is 12.1 Å². The number of hydrogen-bond acceptors (Lipinski definition) is 3. The van der Waals surface area contributed by atoms with Crippen LogP contribution in [0, 0.1) is 13.8 Å². The molecule has 2 N–H and O–H groups in total. The van der Waals surface area contributed by atoms with Gasteiger partial charge in [-0.1, -0.05) is 42.5 Å². The summed E-state index contributed by atoms with van der Waals surface area (Å²) < 4.78 is 1.85. The molecule has 3 aromatic carbocycles. The molecular formula is C25H24N4O2. The summed E-state index contributed by atoms with van der Waals surface area (Å²) in [6, 6.07) is 22.6. The molecule has 4 rings (SSSR count). The molecule has 0 radical (unpaired) electrons. The van der Waals surface area contributed by atoms with E-state index >= 15 is 0 Å². The highest BCUT2D eigenvalue weighted by Crippen LogP contribution is 2.19. The van der Waals surface area contributed by atoms with E-state index in [4.69, 9.17) is 0 Å². The summed E-state index contributed by atoms with van der Waals surface area (Å²) in [5, 5.41) is 5.90. The van der Waals surface area contributed by atoms with Gasteiger partial charge in [0.25, 0.3) is 5.91 Å². The number of aryl methyl sites for hydroxylation is 2. The maximum atomic E-state index is 12.9. The van der Waals surface area contributed by atoms with Gasteiger partial charge in [-0.05, 0) is 55.3 Å². The lowest BCUT2D eigenvalue weighted by Gasteiger charge is -2.12. The number of nitrogens with one attached hydrogen (secondary N) is 2. The number of amides is 2. The fraction of sp³-hybridized carbons (Fsp3) is 0.160. The monoisotopic (exact) mass is 412 g/mol. The van der Waals surface area contributed by atoms with Crippen LogP contribution in [0.2, 0.25) is 0 Å². The first kappa shape index (κ1) is 20.3. The predicted molar refractivity (Wildman–Crippen MR) is 122 cm³/mol. The largest absolute Gasteiger partial charge is 0.345 e. The maximum Gasteiger partial charge on any atom is 0.251 e. The highest BCUT2D eigenvalue weighted by molar-refractivity contribution is 5.94. The fourth-order valence-corrected chi connectivity index (χ4v) is 3.49. The Bertz CT molecular complexity index is 1250. The van der Waals surface area contributed by atoms with Gasteiger partial charge in [-0.2, -0.15) is 0 Å². The highest BCUT2D eigenvalue weighted by Gasteiger charge is 2.15. The SMILES string of the molecule is Cc1ccc(C)c(NC(=O)Cn2c(CNC(=O)c3ccccc3)nc3ccccc32)c1. The third kappa shape index (κ3) is 4.64. The number of aromatic nitrogens is 2. The standard InChI is InChI=1S/C25H24N4O2/c1-17-12-13-18(2)21(14-17)28-24(30)16-29-22-11-7-6-10-20(22)27-23(29)15-26-25(31)19-8-4-3-5-9-19/h3-14H,15-16H2,1-2H3,(H,26,31)(H,28,30). The second kappa shape index (κ2) is 8.83. The third-order valence-corrected chi connectivity index (χ3v) is 5.15. The van der Waals surface area contributed by atoms with Crippen LogP contribution in [0.4, 0.5) is 5.69 Å². The van der Waals surface area contributed by atoms with Gasteiger partial charge < -0.3 is 15.2 Å². The first-order chi connectivity index (χ1) is 15.0. The van der Waals surface area contributed by atoms with E-state index in [1.807, 2.05) is 79.1 Å². The molecule has 6 nitrogen and oxygen atoms in total. The average Bonchev–Trinajstić information content (AvgIpc) is 3.12. The summed E-state index contributed by atoms with van der Waals surface area (Å²) in [4.78, 5) is 29.9. The Balaban J connectivity index is 1.55. The van der Waals surface area contributed by atoms with E-state index < -0.39 is 0 Å². The van der Waals surface area contributed by atoms with Gasteiger partial charge in [-0.15, -0.1) is 0 Å². The maximum absolute atomic E-state index is 12.9. The van der Waals surface area contributed by atoms with E-state index in [-0.39, 0.29) is 24.9 Å². The van der Waals surface area contributed by atoms with Crippen molar-refractivity contribution in [1.29, 1.82) is 0 Å². The Morgan fingerprint density at radius 1 is 0.935 bits per heavy atom. The lowest BCUT2D eigenvalue weighted by atomic mass is 10.1. The van der Waals surface area contributed by atoms with Gasteiger partial charge in [0.1, 0.15) is 12.4 Å². The molecule has 0 bridgehead atoms. The summed E-state index contributed by atoms with van der Waals surface area (Å²) >= 11 is 0. The third-order valence-electron chi connectivity index (χ3n) is 5.15. The van der Waals surface area contributed by atoms with Gasteiger partial charge in [0.05, 0.1) is 17.6 Å². The summed E-state index contributed by atoms with van der Waals surface area (Å²) in [7, 11) is 0. The van der Waals surface area contributed by atoms with Crippen molar-refractivity contribution in [1.82, 2.24) is 14.9 Å². The number of fused-ring (bicyclic) bond motifs is 1. The topological polar surface area (TPSA) is 76.0 Å². The number of nitrogens with zero attached hydrogens (tertiary/aromatic N) is 2. The van der Waals surface area contributed by atoms with Crippen LogP contribution in [0.15, 0.2) is 72.8 Å². The van der Waals surface area contributed by atoms with Crippen molar-refractivity contribution in [2.45, 2.75) is 26.9 Å². The number of para-hydroxylation sites is 2. The van der Waals surface area contributed by atoms with Crippen molar-refractivity contribution in [2.75, 3.05) is 5.32 Å². The van der Waals surface area contributed by atoms with Crippen molar-refractivity contribution in [3.05, 3.63) is 95.3 Å². The minimum absolute atomic E-state index is 0.102. The summed E-state index contributed by atoms with van der Waals surface area (Å²) in [6.07, 6.45) is 0. The van der Waals surface area contributed by atoms with Gasteiger partial charge in [-0.25, -0.2) is 4.98 Å². The lowest BCUT2D eigenvalue weighted by Crippen LogP contribution is -2.26. The number of hydrogen-bond donors (Lipinski definition) is 2. The normalized spacial score (nSPS) is 10.8. The Hall–Kier alpha value is -3.93. The quantitative estimate of drug-likeness (QED) is 0.498. The minimum atomic E-state index is -0.181. The molecule has 0 spiro atoms. The first-order valence-electron chi connectivity index (χ1n) is 10.2. The molecule has 0 aliphatic rings. The van der Waals surface area contributed by atoms with Crippen molar-refractivity contribution in [3.63, 3.8) is 0 Å². The summed E-state index contributed by atoms with van der Waals surface area (Å²) in [5.74, 6) is 0.299. The van der Waals surface area contributed by atoms with E-state index in [1.165, 1.54) is 0 Å². The second-order valence-corrected chi connectivity index (χ2v) is 7.52. The zero-order valence-electron chi connectivity index (χ0n) is 17.6. The number of carbonyl (C=O) groups excluding carboxylic acids is 2. The van der Waals surface area contributed by atoms with Gasteiger partial charge >= 0.3 is 0 Å². The molecule has 0 aliphatic carbocycles. The van der Waals surface area contributed by atoms with Crippen LogP contribution in [-0.4, -0.2) is 21.4 Å². The van der Waals surface area contributed by atoms with Crippen LogP contribution in [0.3, 0.4) is 0 Å². The number of benzene rings is 3.